The van der Waals surface area contributed by atoms with Gasteiger partial charge in [-0.15, -0.1) is 0 Å². The normalized spacial score (nSPS) is 20.4. The molecule has 0 spiro atoms. The molecule has 0 aliphatic carbocycles. The maximum atomic E-state index is 14.0. The van der Waals surface area contributed by atoms with Crippen LogP contribution in [0.5, 0.6) is 0 Å². The first kappa shape index (κ1) is 15.1. The van der Waals surface area contributed by atoms with Gasteiger partial charge in [-0.05, 0) is 24.6 Å². The zero-order valence-corrected chi connectivity index (χ0v) is 12.2. The summed E-state index contributed by atoms with van der Waals surface area (Å²) in [7, 11) is 0. The van der Waals surface area contributed by atoms with Gasteiger partial charge in [-0.25, -0.2) is 9.18 Å². The molecule has 108 valence electrons. The van der Waals surface area contributed by atoms with E-state index in [9.17, 15) is 9.18 Å². The van der Waals surface area contributed by atoms with Crippen molar-refractivity contribution in [2.75, 3.05) is 18.1 Å². The van der Waals surface area contributed by atoms with Crippen LogP contribution in [0, 0.1) is 5.82 Å². The lowest BCUT2D eigenvalue weighted by molar-refractivity contribution is -0.131. The molecule has 1 aromatic rings. The maximum absolute atomic E-state index is 14.0. The standard InChI is InChI=1S/C15H18FNO2S/c1-11-10-20-7-6-17(11)9-13-4-2-12(8-14(13)16)3-5-15(18)19/h2-5,8,11H,6-7,9-10H2,1H3,(H,18,19). The molecule has 2 rings (SSSR count). The van der Waals surface area contributed by atoms with E-state index in [1.54, 1.807) is 12.1 Å². The number of carboxylic acid groups (broad SMARTS) is 1. The van der Waals surface area contributed by atoms with Crippen molar-refractivity contribution >= 4 is 23.8 Å². The average Bonchev–Trinajstić information content (AvgIpc) is 2.41. The fourth-order valence-electron chi connectivity index (χ4n) is 2.18. The number of carboxylic acids is 1. The van der Waals surface area contributed by atoms with Gasteiger partial charge in [-0.1, -0.05) is 12.1 Å². The number of hydrogen-bond donors (Lipinski definition) is 1. The lowest BCUT2D eigenvalue weighted by Crippen LogP contribution is -2.39. The Morgan fingerprint density at radius 3 is 3.05 bits per heavy atom. The van der Waals surface area contributed by atoms with Gasteiger partial charge in [0.15, 0.2) is 0 Å². The Labute approximate surface area is 122 Å². The molecule has 20 heavy (non-hydrogen) atoms. The third-order valence-corrected chi connectivity index (χ3v) is 4.56. The van der Waals surface area contributed by atoms with Gasteiger partial charge in [0.2, 0.25) is 0 Å². The van der Waals surface area contributed by atoms with Crippen molar-refractivity contribution in [3.8, 4) is 0 Å². The largest absolute Gasteiger partial charge is 0.478 e. The van der Waals surface area contributed by atoms with E-state index in [1.807, 2.05) is 11.8 Å². The number of aliphatic carboxylic acids is 1. The van der Waals surface area contributed by atoms with Crippen molar-refractivity contribution in [2.45, 2.75) is 19.5 Å². The van der Waals surface area contributed by atoms with Gasteiger partial charge in [0.25, 0.3) is 0 Å². The molecule has 1 unspecified atom stereocenters. The van der Waals surface area contributed by atoms with Crippen molar-refractivity contribution in [3.05, 3.63) is 41.2 Å². The highest BCUT2D eigenvalue weighted by Gasteiger charge is 2.19. The average molecular weight is 295 g/mol. The molecule has 3 nitrogen and oxygen atoms in total. The molecule has 1 fully saturated rings. The number of rotatable bonds is 4. The van der Waals surface area contributed by atoms with Crippen molar-refractivity contribution in [2.24, 2.45) is 0 Å². The highest BCUT2D eigenvalue weighted by Crippen LogP contribution is 2.20. The van der Waals surface area contributed by atoms with Gasteiger partial charge in [-0.2, -0.15) is 11.8 Å². The number of hydrogen-bond acceptors (Lipinski definition) is 3. The number of nitrogens with zero attached hydrogens (tertiary/aromatic N) is 1. The minimum Gasteiger partial charge on any atom is -0.478 e. The van der Waals surface area contributed by atoms with E-state index < -0.39 is 5.97 Å². The van der Waals surface area contributed by atoms with E-state index in [0.717, 1.165) is 24.1 Å². The van der Waals surface area contributed by atoms with Gasteiger partial charge in [0.1, 0.15) is 5.82 Å². The Kier molecular flexibility index (Phi) is 5.20. The Morgan fingerprint density at radius 1 is 1.60 bits per heavy atom. The second kappa shape index (κ2) is 6.90. The quantitative estimate of drug-likeness (QED) is 0.867. The van der Waals surface area contributed by atoms with Crippen LogP contribution >= 0.6 is 11.8 Å². The van der Waals surface area contributed by atoms with Crippen molar-refractivity contribution in [3.63, 3.8) is 0 Å². The SMILES string of the molecule is CC1CSCCN1Cc1ccc(C=CC(=O)O)cc1F. The van der Waals surface area contributed by atoms with E-state index in [-0.39, 0.29) is 5.82 Å². The monoisotopic (exact) mass is 295 g/mol. The predicted molar refractivity (Wildman–Crippen MR) is 80.3 cm³/mol. The van der Waals surface area contributed by atoms with E-state index in [1.165, 1.54) is 12.1 Å². The van der Waals surface area contributed by atoms with Crippen molar-refractivity contribution in [1.29, 1.82) is 0 Å². The van der Waals surface area contributed by atoms with Crippen LogP contribution < -0.4 is 0 Å². The number of carbonyl (C=O) groups is 1. The summed E-state index contributed by atoms with van der Waals surface area (Å²) >= 11 is 1.93. The fraction of sp³-hybridized carbons (Fsp3) is 0.400. The molecular formula is C15H18FNO2S. The summed E-state index contributed by atoms with van der Waals surface area (Å²) in [6, 6.07) is 5.34. The number of thioether (sulfide) groups is 1. The summed E-state index contributed by atoms with van der Waals surface area (Å²) in [4.78, 5) is 12.7. The number of halogens is 1. The van der Waals surface area contributed by atoms with Crippen LogP contribution in [0.2, 0.25) is 0 Å². The number of benzene rings is 1. The van der Waals surface area contributed by atoms with E-state index in [2.05, 4.69) is 11.8 Å². The molecule has 1 aliphatic heterocycles. The highest BCUT2D eigenvalue weighted by molar-refractivity contribution is 7.99. The molecule has 1 aromatic carbocycles. The Bertz CT molecular complexity index is 519. The maximum Gasteiger partial charge on any atom is 0.328 e. The van der Waals surface area contributed by atoms with Crippen LogP contribution in [-0.4, -0.2) is 40.1 Å². The third-order valence-electron chi connectivity index (χ3n) is 3.37. The second-order valence-electron chi connectivity index (χ2n) is 4.92. The summed E-state index contributed by atoms with van der Waals surface area (Å²) in [5, 5.41) is 8.55. The first-order chi connectivity index (χ1) is 9.56. The van der Waals surface area contributed by atoms with Gasteiger partial charge in [-0.3, -0.25) is 4.90 Å². The summed E-state index contributed by atoms with van der Waals surface area (Å²) in [5.74, 6) is 0.865. The second-order valence-corrected chi connectivity index (χ2v) is 6.07. The zero-order valence-electron chi connectivity index (χ0n) is 11.4. The molecule has 1 N–H and O–H groups in total. The summed E-state index contributed by atoms with van der Waals surface area (Å²) in [5.41, 5.74) is 1.23. The molecule has 5 heteroatoms. The minimum absolute atomic E-state index is 0.275. The predicted octanol–water partition coefficient (Wildman–Crippen LogP) is 2.86. The molecule has 1 saturated heterocycles. The van der Waals surface area contributed by atoms with Crippen LogP contribution in [0.4, 0.5) is 4.39 Å². The molecule has 0 radical (unpaired) electrons. The van der Waals surface area contributed by atoms with Crippen molar-refractivity contribution < 1.29 is 14.3 Å². The van der Waals surface area contributed by atoms with Gasteiger partial charge in [0.05, 0.1) is 0 Å². The molecule has 1 atom stereocenters. The summed E-state index contributed by atoms with van der Waals surface area (Å²) in [6.07, 6.45) is 2.41. The topological polar surface area (TPSA) is 40.5 Å². The zero-order chi connectivity index (χ0) is 14.5. The molecule has 0 amide bonds. The Balaban J connectivity index is 2.07. The molecular weight excluding hydrogens is 277 g/mol. The third kappa shape index (κ3) is 4.08. The van der Waals surface area contributed by atoms with Gasteiger partial charge < -0.3 is 5.11 Å². The lowest BCUT2D eigenvalue weighted by Gasteiger charge is -2.33. The Hall–Kier alpha value is -1.33. The molecule has 1 heterocycles. The smallest absolute Gasteiger partial charge is 0.328 e. The molecule has 0 saturated carbocycles. The van der Waals surface area contributed by atoms with Crippen LogP contribution in [-0.2, 0) is 11.3 Å². The van der Waals surface area contributed by atoms with Gasteiger partial charge >= 0.3 is 5.97 Å². The lowest BCUT2D eigenvalue weighted by atomic mass is 10.1. The van der Waals surface area contributed by atoms with E-state index >= 15 is 0 Å². The van der Waals surface area contributed by atoms with Crippen LogP contribution in [0.25, 0.3) is 6.08 Å². The van der Waals surface area contributed by atoms with Crippen molar-refractivity contribution in [1.82, 2.24) is 4.90 Å². The van der Waals surface area contributed by atoms with E-state index in [0.29, 0.717) is 23.7 Å². The molecule has 0 aromatic heterocycles. The molecule has 1 aliphatic rings. The Morgan fingerprint density at radius 2 is 2.40 bits per heavy atom. The summed E-state index contributed by atoms with van der Waals surface area (Å²) in [6.45, 7) is 3.75. The molecule has 0 bridgehead atoms. The van der Waals surface area contributed by atoms with E-state index in [4.69, 9.17) is 5.11 Å². The van der Waals surface area contributed by atoms with Crippen LogP contribution in [0.1, 0.15) is 18.1 Å². The highest BCUT2D eigenvalue weighted by atomic mass is 32.2. The first-order valence-electron chi connectivity index (χ1n) is 6.57. The minimum atomic E-state index is -1.03. The summed E-state index contributed by atoms with van der Waals surface area (Å²) < 4.78 is 14.0. The van der Waals surface area contributed by atoms with Crippen LogP contribution in [0.15, 0.2) is 24.3 Å². The fourth-order valence-corrected chi connectivity index (χ4v) is 3.26. The van der Waals surface area contributed by atoms with Crippen LogP contribution in [0.3, 0.4) is 0 Å². The first-order valence-corrected chi connectivity index (χ1v) is 7.73. The van der Waals surface area contributed by atoms with Gasteiger partial charge in [0, 0.05) is 42.3 Å².